The zero-order valence-corrected chi connectivity index (χ0v) is 10.3. The summed E-state index contributed by atoms with van der Waals surface area (Å²) in [6.45, 7) is 4.12. The van der Waals surface area contributed by atoms with Crippen molar-refractivity contribution in [3.63, 3.8) is 0 Å². The Balaban J connectivity index is 2.18. The zero-order valence-electron chi connectivity index (χ0n) is 9.49. The number of benzene rings is 1. The molecule has 2 aromatic rings. The third-order valence-corrected chi connectivity index (χ3v) is 3.17. The maximum Gasteiger partial charge on any atom is 0.168 e. The van der Waals surface area contributed by atoms with Crippen molar-refractivity contribution in [1.29, 1.82) is 0 Å². The van der Waals surface area contributed by atoms with Crippen LogP contribution in [0.5, 0.6) is 0 Å². The van der Waals surface area contributed by atoms with Gasteiger partial charge in [0.15, 0.2) is 5.78 Å². The molecule has 1 aromatic carbocycles. The molecule has 2 rings (SSSR count). The van der Waals surface area contributed by atoms with Gasteiger partial charge in [-0.2, -0.15) is 11.3 Å². The molecule has 0 aliphatic carbocycles. The van der Waals surface area contributed by atoms with E-state index in [1.54, 1.807) is 11.3 Å². The largest absolute Gasteiger partial charge is 0.294 e. The second-order valence-electron chi connectivity index (χ2n) is 4.11. The van der Waals surface area contributed by atoms with E-state index in [1.165, 1.54) is 11.1 Å². The highest BCUT2D eigenvalue weighted by atomic mass is 32.1. The number of hydrogen-bond donors (Lipinski definition) is 0. The van der Waals surface area contributed by atoms with Gasteiger partial charge in [-0.1, -0.05) is 29.3 Å². The molecule has 0 fully saturated rings. The van der Waals surface area contributed by atoms with E-state index in [0.717, 1.165) is 11.1 Å². The highest BCUT2D eigenvalue weighted by Crippen LogP contribution is 2.13. The fraction of sp³-hybridized carbons (Fsp3) is 0.214. The van der Waals surface area contributed by atoms with Gasteiger partial charge in [0.1, 0.15) is 0 Å². The molecule has 0 N–H and O–H groups in total. The van der Waals surface area contributed by atoms with E-state index in [1.807, 2.05) is 16.8 Å². The summed E-state index contributed by atoms with van der Waals surface area (Å²) in [4.78, 5) is 11.9. The van der Waals surface area contributed by atoms with Crippen molar-refractivity contribution >= 4 is 17.1 Å². The maximum atomic E-state index is 11.9. The minimum absolute atomic E-state index is 0.200. The Labute approximate surface area is 99.8 Å². The van der Waals surface area contributed by atoms with Gasteiger partial charge in [0, 0.05) is 17.4 Å². The minimum atomic E-state index is 0.200. The summed E-state index contributed by atoms with van der Waals surface area (Å²) in [7, 11) is 0. The van der Waals surface area contributed by atoms with Crippen LogP contribution < -0.4 is 0 Å². The van der Waals surface area contributed by atoms with Gasteiger partial charge in [0.25, 0.3) is 0 Å². The van der Waals surface area contributed by atoms with E-state index in [2.05, 4.69) is 32.0 Å². The third-order valence-electron chi connectivity index (χ3n) is 2.49. The lowest BCUT2D eigenvalue weighted by Crippen LogP contribution is -2.02. The lowest BCUT2D eigenvalue weighted by Gasteiger charge is -2.03. The Kier molecular flexibility index (Phi) is 3.20. The molecule has 82 valence electrons. The predicted octanol–water partition coefficient (Wildman–Crippen LogP) is 3.79. The first-order valence-corrected chi connectivity index (χ1v) is 6.22. The highest BCUT2D eigenvalue weighted by molar-refractivity contribution is 7.08. The molecule has 0 radical (unpaired) electrons. The number of ketones is 1. The van der Waals surface area contributed by atoms with E-state index in [0.29, 0.717) is 6.42 Å². The monoisotopic (exact) mass is 230 g/mol. The smallest absolute Gasteiger partial charge is 0.168 e. The SMILES string of the molecule is Cc1cc(C)cc(CC(=O)c2ccsc2)c1. The number of carbonyl (C=O) groups is 1. The van der Waals surface area contributed by atoms with Gasteiger partial charge in [0.05, 0.1) is 0 Å². The Morgan fingerprint density at radius 1 is 1.19 bits per heavy atom. The van der Waals surface area contributed by atoms with Crippen molar-refractivity contribution in [2.75, 3.05) is 0 Å². The number of rotatable bonds is 3. The first-order valence-electron chi connectivity index (χ1n) is 5.28. The molecule has 0 saturated carbocycles. The molecule has 0 bridgehead atoms. The lowest BCUT2D eigenvalue weighted by molar-refractivity contribution is 0.0993. The topological polar surface area (TPSA) is 17.1 Å². The Morgan fingerprint density at radius 3 is 2.44 bits per heavy atom. The van der Waals surface area contributed by atoms with Crippen LogP contribution in [0, 0.1) is 13.8 Å². The molecular formula is C14H14OS. The summed E-state index contributed by atoms with van der Waals surface area (Å²) in [5, 5.41) is 3.85. The quantitative estimate of drug-likeness (QED) is 0.733. The lowest BCUT2D eigenvalue weighted by atomic mass is 10.0. The number of Topliss-reactive ketones (excluding diaryl/α,β-unsaturated/α-hetero) is 1. The highest BCUT2D eigenvalue weighted by Gasteiger charge is 2.07. The van der Waals surface area contributed by atoms with Crippen molar-refractivity contribution in [3.8, 4) is 0 Å². The average molecular weight is 230 g/mol. The molecule has 0 aliphatic rings. The fourth-order valence-corrected chi connectivity index (χ4v) is 2.54. The molecule has 0 saturated heterocycles. The predicted molar refractivity (Wildman–Crippen MR) is 68.3 cm³/mol. The van der Waals surface area contributed by atoms with Gasteiger partial charge in [-0.3, -0.25) is 4.79 Å². The van der Waals surface area contributed by atoms with Gasteiger partial charge >= 0.3 is 0 Å². The maximum absolute atomic E-state index is 11.9. The average Bonchev–Trinajstić information content (AvgIpc) is 2.68. The van der Waals surface area contributed by atoms with Crippen LogP contribution in [0.25, 0.3) is 0 Å². The van der Waals surface area contributed by atoms with Gasteiger partial charge in [-0.15, -0.1) is 0 Å². The molecule has 16 heavy (non-hydrogen) atoms. The summed E-state index contributed by atoms with van der Waals surface area (Å²) >= 11 is 1.56. The van der Waals surface area contributed by atoms with Crippen molar-refractivity contribution in [2.45, 2.75) is 20.3 Å². The normalized spacial score (nSPS) is 10.4. The van der Waals surface area contributed by atoms with E-state index in [-0.39, 0.29) is 5.78 Å². The van der Waals surface area contributed by atoms with Crippen LogP contribution in [0.1, 0.15) is 27.0 Å². The standard InChI is InChI=1S/C14H14OS/c1-10-5-11(2)7-12(6-10)8-14(15)13-3-4-16-9-13/h3-7,9H,8H2,1-2H3. The first kappa shape index (κ1) is 11.1. The van der Waals surface area contributed by atoms with Crippen LogP contribution in [-0.2, 0) is 6.42 Å². The summed E-state index contributed by atoms with van der Waals surface area (Å²) in [6, 6.07) is 8.17. The molecule has 2 heteroatoms. The molecule has 0 aliphatic heterocycles. The number of thiophene rings is 1. The number of carbonyl (C=O) groups excluding carboxylic acids is 1. The van der Waals surface area contributed by atoms with Gasteiger partial charge < -0.3 is 0 Å². The minimum Gasteiger partial charge on any atom is -0.294 e. The summed E-state index contributed by atoms with van der Waals surface area (Å²) < 4.78 is 0. The van der Waals surface area contributed by atoms with E-state index in [9.17, 15) is 4.79 Å². The molecule has 0 spiro atoms. The van der Waals surface area contributed by atoms with Gasteiger partial charge in [0.2, 0.25) is 0 Å². The van der Waals surface area contributed by atoms with Crippen LogP contribution in [0.3, 0.4) is 0 Å². The zero-order chi connectivity index (χ0) is 11.5. The molecule has 0 atom stereocenters. The van der Waals surface area contributed by atoms with Crippen LogP contribution >= 0.6 is 11.3 Å². The second-order valence-corrected chi connectivity index (χ2v) is 4.89. The summed E-state index contributed by atoms with van der Waals surface area (Å²) in [5.74, 6) is 0.200. The summed E-state index contributed by atoms with van der Waals surface area (Å²) in [5.41, 5.74) is 4.36. The van der Waals surface area contributed by atoms with Crippen LogP contribution in [0.4, 0.5) is 0 Å². The first-order chi connectivity index (χ1) is 7.65. The third kappa shape index (κ3) is 2.58. The van der Waals surface area contributed by atoms with Crippen LogP contribution in [-0.4, -0.2) is 5.78 Å². The Hall–Kier alpha value is -1.41. The molecular weight excluding hydrogens is 216 g/mol. The molecule has 0 amide bonds. The molecule has 1 aromatic heterocycles. The number of aryl methyl sites for hydroxylation is 2. The van der Waals surface area contributed by atoms with Crippen molar-refractivity contribution in [2.24, 2.45) is 0 Å². The second kappa shape index (κ2) is 4.62. The van der Waals surface area contributed by atoms with E-state index in [4.69, 9.17) is 0 Å². The van der Waals surface area contributed by atoms with Crippen molar-refractivity contribution in [1.82, 2.24) is 0 Å². The Bertz CT molecular complexity index is 477. The molecule has 1 heterocycles. The van der Waals surface area contributed by atoms with E-state index >= 15 is 0 Å². The van der Waals surface area contributed by atoms with Crippen LogP contribution in [0.2, 0.25) is 0 Å². The Morgan fingerprint density at radius 2 is 1.88 bits per heavy atom. The van der Waals surface area contributed by atoms with Gasteiger partial charge in [-0.25, -0.2) is 0 Å². The van der Waals surface area contributed by atoms with Crippen molar-refractivity contribution < 1.29 is 4.79 Å². The molecule has 1 nitrogen and oxygen atoms in total. The van der Waals surface area contributed by atoms with Gasteiger partial charge in [-0.05, 0) is 30.9 Å². The number of hydrogen-bond acceptors (Lipinski definition) is 2. The fourth-order valence-electron chi connectivity index (χ4n) is 1.88. The van der Waals surface area contributed by atoms with Crippen molar-refractivity contribution in [3.05, 3.63) is 57.3 Å². The van der Waals surface area contributed by atoms with E-state index < -0.39 is 0 Å². The van der Waals surface area contributed by atoms with Crippen LogP contribution in [0.15, 0.2) is 35.0 Å². The summed E-state index contributed by atoms with van der Waals surface area (Å²) in [6.07, 6.45) is 0.499. The molecule has 0 unspecified atom stereocenters.